The van der Waals surface area contributed by atoms with Crippen molar-refractivity contribution < 1.29 is 15.0 Å². The Morgan fingerprint density at radius 1 is 1.75 bits per heavy atom. The maximum absolute atomic E-state index is 9.61. The van der Waals surface area contributed by atoms with Crippen LogP contribution in [0.1, 0.15) is 0 Å². The summed E-state index contributed by atoms with van der Waals surface area (Å²) in [5.74, 6) is 0. The SMILES string of the molecule is O=C=[N+]1C=NNN1.[OH-]. The third-order valence-corrected chi connectivity index (χ3v) is 0.507. The van der Waals surface area contributed by atoms with Gasteiger partial charge in [0.1, 0.15) is 0 Å². The largest absolute Gasteiger partial charge is 0.870 e. The first-order valence-electron chi connectivity index (χ1n) is 1.64. The Hall–Kier alpha value is -1.39. The van der Waals surface area contributed by atoms with Crippen LogP contribution in [0.25, 0.3) is 0 Å². The van der Waals surface area contributed by atoms with Crippen molar-refractivity contribution in [2.24, 2.45) is 5.10 Å². The molecule has 1 aliphatic rings. The van der Waals surface area contributed by atoms with Crippen LogP contribution in [0.4, 0.5) is 0 Å². The zero-order chi connectivity index (χ0) is 5.11. The summed E-state index contributed by atoms with van der Waals surface area (Å²) >= 11 is 0. The molecule has 0 amide bonds. The first-order chi connectivity index (χ1) is 3.43. The number of rotatable bonds is 0. The predicted octanol–water partition coefficient (Wildman–Crippen LogP) is -1.88. The van der Waals surface area contributed by atoms with E-state index >= 15 is 0 Å². The molecule has 0 unspecified atom stereocenters. The predicted molar refractivity (Wildman–Crippen MR) is 22.7 cm³/mol. The van der Waals surface area contributed by atoms with Gasteiger partial charge in [0.25, 0.3) is 0 Å². The molecule has 0 fully saturated rings. The number of nitrogens with zero attached hydrogens (tertiary/aromatic N) is 2. The molecule has 3 N–H and O–H groups in total. The van der Waals surface area contributed by atoms with Crippen LogP contribution >= 0.6 is 0 Å². The second-order valence-corrected chi connectivity index (χ2v) is 0.929. The molecule has 1 heterocycles. The number of hydrogen-bond acceptors (Lipinski definition) is 5. The van der Waals surface area contributed by atoms with Gasteiger partial charge in [-0.05, 0) is 4.68 Å². The molecule has 0 atom stereocenters. The molecule has 44 valence electrons. The third kappa shape index (κ3) is 1.04. The van der Waals surface area contributed by atoms with Gasteiger partial charge in [-0.2, -0.15) is 4.79 Å². The smallest absolute Gasteiger partial charge is 0.353 e. The van der Waals surface area contributed by atoms with Gasteiger partial charge in [-0.15, -0.1) is 5.53 Å². The molecule has 6 nitrogen and oxygen atoms in total. The van der Waals surface area contributed by atoms with E-state index in [-0.39, 0.29) is 5.48 Å². The van der Waals surface area contributed by atoms with Crippen LogP contribution in [0.2, 0.25) is 0 Å². The van der Waals surface area contributed by atoms with Gasteiger partial charge >= 0.3 is 12.4 Å². The lowest BCUT2D eigenvalue weighted by Gasteiger charge is -1.78. The highest BCUT2D eigenvalue weighted by Crippen LogP contribution is 1.61. The summed E-state index contributed by atoms with van der Waals surface area (Å²) in [7, 11) is 0. The van der Waals surface area contributed by atoms with E-state index in [4.69, 9.17) is 0 Å². The fourth-order valence-corrected chi connectivity index (χ4v) is 0.245. The van der Waals surface area contributed by atoms with Gasteiger partial charge in [0, 0.05) is 0 Å². The molecule has 0 radical (unpaired) electrons. The molecule has 0 aliphatic carbocycles. The summed E-state index contributed by atoms with van der Waals surface area (Å²) in [6, 6.07) is 0. The Kier molecular flexibility index (Phi) is 2.25. The normalized spacial score (nSPS) is 13.2. The first-order valence-corrected chi connectivity index (χ1v) is 1.64. The standard InChI is InChI=1S/C2H3N4O.H2O/c7-2-6-1-3-4-5-6;/h1,4-5H;1H2/q+1;/p-1. The van der Waals surface area contributed by atoms with E-state index in [1.165, 1.54) is 12.4 Å². The van der Waals surface area contributed by atoms with Crippen molar-refractivity contribution in [1.29, 1.82) is 0 Å². The minimum absolute atomic E-state index is 0. The Bertz CT molecular complexity index is 146. The number of nitrogens with one attached hydrogen (secondary N) is 2. The van der Waals surface area contributed by atoms with E-state index in [0.717, 1.165) is 4.68 Å². The molecule has 0 saturated carbocycles. The lowest BCUT2D eigenvalue weighted by Crippen LogP contribution is -2.28. The fraction of sp³-hybridized carbons (Fsp3) is 0. The molecule has 1 rings (SSSR count). The molecule has 0 bridgehead atoms. The monoisotopic (exact) mass is 116 g/mol. The zero-order valence-corrected chi connectivity index (χ0v) is 3.83. The molecule has 6 heteroatoms. The third-order valence-electron chi connectivity index (χ3n) is 0.507. The average molecular weight is 116 g/mol. The van der Waals surface area contributed by atoms with Crippen molar-refractivity contribution in [3.63, 3.8) is 0 Å². The fourth-order valence-electron chi connectivity index (χ4n) is 0.245. The summed E-state index contributed by atoms with van der Waals surface area (Å²) in [6.45, 7) is 0. The number of hydrogen-bond donors (Lipinski definition) is 2. The van der Waals surface area contributed by atoms with Crippen LogP contribution < -0.4 is 11.1 Å². The Labute approximate surface area is 44.8 Å². The molecule has 0 aromatic heterocycles. The van der Waals surface area contributed by atoms with E-state index in [2.05, 4.69) is 16.2 Å². The maximum atomic E-state index is 9.61. The van der Waals surface area contributed by atoms with Gasteiger partial charge in [0.15, 0.2) is 0 Å². The number of carbonyl (C=O) groups excluding carboxylic acids is 1. The summed E-state index contributed by atoms with van der Waals surface area (Å²) in [4.78, 5) is 9.61. The topological polar surface area (TPSA) is 86.5 Å². The molecule has 0 saturated heterocycles. The van der Waals surface area contributed by atoms with Crippen molar-refractivity contribution in [3.8, 4) is 0 Å². The Balaban J connectivity index is 0.000000490. The second kappa shape index (κ2) is 2.73. The molecular weight excluding hydrogens is 112 g/mol. The van der Waals surface area contributed by atoms with Crippen molar-refractivity contribution >= 4 is 12.4 Å². The van der Waals surface area contributed by atoms with Crippen LogP contribution in [0.15, 0.2) is 5.10 Å². The van der Waals surface area contributed by atoms with Crippen molar-refractivity contribution in [2.45, 2.75) is 0 Å². The summed E-state index contributed by atoms with van der Waals surface area (Å²) < 4.78 is 1.03. The van der Waals surface area contributed by atoms with Crippen LogP contribution in [0.3, 0.4) is 0 Å². The average Bonchev–Trinajstić information content (AvgIpc) is 2.14. The summed E-state index contributed by atoms with van der Waals surface area (Å²) in [5, 5.41) is 3.41. The van der Waals surface area contributed by atoms with Crippen LogP contribution in [0.5, 0.6) is 0 Å². The Morgan fingerprint density at radius 3 is 2.75 bits per heavy atom. The first kappa shape index (κ1) is 6.61. The lowest BCUT2D eigenvalue weighted by molar-refractivity contribution is -0.464. The van der Waals surface area contributed by atoms with Gasteiger partial charge in [0.2, 0.25) is 0 Å². The van der Waals surface area contributed by atoms with E-state index in [9.17, 15) is 4.79 Å². The van der Waals surface area contributed by atoms with Gasteiger partial charge < -0.3 is 5.48 Å². The maximum Gasteiger partial charge on any atom is 0.353 e. The number of hydrazine groups is 2. The molecule has 8 heavy (non-hydrogen) atoms. The molecule has 0 spiro atoms. The minimum Gasteiger partial charge on any atom is -0.870 e. The Morgan fingerprint density at radius 2 is 2.50 bits per heavy atom. The molecular formula is C2H4N4O2. The summed E-state index contributed by atoms with van der Waals surface area (Å²) in [6.07, 6.45) is 2.80. The second-order valence-electron chi connectivity index (χ2n) is 0.929. The number of hydrazone groups is 2. The van der Waals surface area contributed by atoms with E-state index in [0.29, 0.717) is 0 Å². The molecule has 1 aliphatic heterocycles. The van der Waals surface area contributed by atoms with Gasteiger partial charge in [-0.25, -0.2) is 0 Å². The zero-order valence-electron chi connectivity index (χ0n) is 3.83. The quantitative estimate of drug-likeness (QED) is 0.286. The van der Waals surface area contributed by atoms with E-state index in [1.807, 2.05) is 0 Å². The van der Waals surface area contributed by atoms with Crippen molar-refractivity contribution in [3.05, 3.63) is 0 Å². The minimum atomic E-state index is 0. The van der Waals surface area contributed by atoms with Gasteiger partial charge in [-0.3, -0.25) is 0 Å². The van der Waals surface area contributed by atoms with E-state index in [1.54, 1.807) is 0 Å². The molecule has 0 aromatic carbocycles. The highest BCUT2D eigenvalue weighted by atomic mass is 16.1. The van der Waals surface area contributed by atoms with Crippen LogP contribution in [-0.2, 0) is 4.79 Å². The van der Waals surface area contributed by atoms with Crippen molar-refractivity contribution in [2.75, 3.05) is 0 Å². The molecule has 0 aromatic rings. The lowest BCUT2D eigenvalue weighted by atomic mass is 11.2. The summed E-state index contributed by atoms with van der Waals surface area (Å²) in [5.41, 5.74) is 4.65. The van der Waals surface area contributed by atoms with Gasteiger partial charge in [0.05, 0.1) is 5.10 Å². The van der Waals surface area contributed by atoms with Crippen molar-refractivity contribution in [1.82, 2.24) is 11.1 Å². The highest BCUT2D eigenvalue weighted by Gasteiger charge is 2.02. The number of isocyanates is 1. The van der Waals surface area contributed by atoms with Crippen LogP contribution in [0, 0.1) is 0 Å². The van der Waals surface area contributed by atoms with Crippen LogP contribution in [-0.4, -0.2) is 22.6 Å². The van der Waals surface area contributed by atoms with E-state index < -0.39 is 0 Å². The highest BCUT2D eigenvalue weighted by molar-refractivity contribution is 5.49. The van der Waals surface area contributed by atoms with Gasteiger partial charge in [-0.1, -0.05) is 5.53 Å².